The normalized spacial score (nSPS) is 21.6. The Morgan fingerprint density at radius 2 is 2.33 bits per heavy atom. The van der Waals surface area contributed by atoms with E-state index < -0.39 is 10.0 Å². The summed E-state index contributed by atoms with van der Waals surface area (Å²) in [5, 5.41) is 12.8. The molecule has 1 unspecified atom stereocenters. The van der Waals surface area contributed by atoms with E-state index in [0.29, 0.717) is 13.0 Å². The van der Waals surface area contributed by atoms with Gasteiger partial charge in [0.05, 0.1) is 6.20 Å². The van der Waals surface area contributed by atoms with Gasteiger partial charge in [0, 0.05) is 32.4 Å². The van der Waals surface area contributed by atoms with Crippen LogP contribution in [0.3, 0.4) is 0 Å². The molecule has 1 N–H and O–H groups in total. The lowest BCUT2D eigenvalue weighted by Crippen LogP contribution is -2.35. The van der Waals surface area contributed by atoms with Crippen molar-refractivity contribution in [1.29, 1.82) is 0 Å². The molecule has 0 saturated carbocycles. The molecule has 2 rings (SSSR count). The van der Waals surface area contributed by atoms with Crippen molar-refractivity contribution in [3.63, 3.8) is 0 Å². The molecule has 0 bridgehead atoms. The van der Waals surface area contributed by atoms with E-state index >= 15 is 0 Å². The number of aromatic nitrogens is 2. The van der Waals surface area contributed by atoms with Crippen LogP contribution in [0.5, 0.6) is 0 Å². The van der Waals surface area contributed by atoms with Gasteiger partial charge in [-0.1, -0.05) is 0 Å². The van der Waals surface area contributed by atoms with Crippen LogP contribution in [0.1, 0.15) is 25.7 Å². The lowest BCUT2D eigenvalue weighted by molar-refractivity contribution is 0.264. The van der Waals surface area contributed by atoms with E-state index in [0.717, 1.165) is 19.3 Å². The van der Waals surface area contributed by atoms with Crippen molar-refractivity contribution in [3.05, 3.63) is 12.4 Å². The van der Waals surface area contributed by atoms with Gasteiger partial charge in [0.15, 0.2) is 0 Å². The highest BCUT2D eigenvalue weighted by Gasteiger charge is 2.35. The van der Waals surface area contributed by atoms with Crippen LogP contribution in [-0.4, -0.2) is 46.8 Å². The van der Waals surface area contributed by atoms with E-state index in [-0.39, 0.29) is 17.5 Å². The minimum Gasteiger partial charge on any atom is -0.396 e. The average molecular weight is 273 g/mol. The summed E-state index contributed by atoms with van der Waals surface area (Å²) in [6.07, 6.45) is 6.03. The Morgan fingerprint density at radius 3 is 2.94 bits per heavy atom. The molecule has 1 aliphatic rings. The molecule has 1 atom stereocenters. The van der Waals surface area contributed by atoms with Crippen LogP contribution in [-0.2, 0) is 17.1 Å². The van der Waals surface area contributed by atoms with Crippen LogP contribution in [0, 0.1) is 0 Å². The van der Waals surface area contributed by atoms with Gasteiger partial charge in [0.1, 0.15) is 4.90 Å². The highest BCUT2D eigenvalue weighted by atomic mass is 32.2. The Bertz CT molecular complexity index is 497. The molecular formula is C11H19N3O3S. The summed E-state index contributed by atoms with van der Waals surface area (Å²) >= 11 is 0. The Kier molecular flexibility index (Phi) is 4.04. The van der Waals surface area contributed by atoms with Crippen molar-refractivity contribution in [2.24, 2.45) is 7.05 Å². The second kappa shape index (κ2) is 5.38. The van der Waals surface area contributed by atoms with Gasteiger partial charge in [-0.15, -0.1) is 0 Å². The van der Waals surface area contributed by atoms with E-state index in [1.165, 1.54) is 17.1 Å². The molecule has 1 fully saturated rings. The van der Waals surface area contributed by atoms with Gasteiger partial charge in [0.2, 0.25) is 10.0 Å². The molecule has 6 nitrogen and oxygen atoms in total. The Balaban J connectivity index is 2.18. The summed E-state index contributed by atoms with van der Waals surface area (Å²) in [7, 11) is -1.73. The van der Waals surface area contributed by atoms with Crippen LogP contribution < -0.4 is 0 Å². The van der Waals surface area contributed by atoms with Gasteiger partial charge in [-0.3, -0.25) is 4.68 Å². The van der Waals surface area contributed by atoms with Crippen molar-refractivity contribution in [1.82, 2.24) is 14.1 Å². The smallest absolute Gasteiger partial charge is 0.246 e. The second-order valence-electron chi connectivity index (χ2n) is 4.63. The maximum atomic E-state index is 12.4. The van der Waals surface area contributed by atoms with Crippen molar-refractivity contribution >= 4 is 10.0 Å². The van der Waals surface area contributed by atoms with Gasteiger partial charge >= 0.3 is 0 Å². The van der Waals surface area contributed by atoms with E-state index in [4.69, 9.17) is 5.11 Å². The van der Waals surface area contributed by atoms with Gasteiger partial charge in [-0.25, -0.2) is 8.42 Å². The van der Waals surface area contributed by atoms with Crippen molar-refractivity contribution < 1.29 is 13.5 Å². The molecule has 0 aromatic carbocycles. The SMILES string of the molecule is Cn1cc(S(=O)(=O)N2CCCC2CCCO)cn1. The highest BCUT2D eigenvalue weighted by Crippen LogP contribution is 2.28. The summed E-state index contributed by atoms with van der Waals surface area (Å²) in [6.45, 7) is 0.671. The molecule has 1 aliphatic heterocycles. The molecule has 0 spiro atoms. The first-order valence-electron chi connectivity index (χ1n) is 6.17. The van der Waals surface area contributed by atoms with Crippen LogP contribution >= 0.6 is 0 Å². The number of aliphatic hydroxyl groups is 1. The van der Waals surface area contributed by atoms with E-state index in [2.05, 4.69) is 5.10 Å². The molecule has 0 amide bonds. The Hall–Kier alpha value is -0.920. The van der Waals surface area contributed by atoms with Gasteiger partial charge in [-0.2, -0.15) is 9.40 Å². The summed E-state index contributed by atoms with van der Waals surface area (Å²) < 4.78 is 27.9. The van der Waals surface area contributed by atoms with Crippen molar-refractivity contribution in [2.75, 3.05) is 13.2 Å². The molecular weight excluding hydrogens is 254 g/mol. The number of aryl methyl sites for hydroxylation is 1. The third-order valence-corrected chi connectivity index (χ3v) is 5.21. The van der Waals surface area contributed by atoms with Crippen molar-refractivity contribution in [3.8, 4) is 0 Å². The molecule has 18 heavy (non-hydrogen) atoms. The first kappa shape index (κ1) is 13.5. The molecule has 1 saturated heterocycles. The minimum absolute atomic E-state index is 0.0161. The summed E-state index contributed by atoms with van der Waals surface area (Å²) in [5.74, 6) is 0. The number of aliphatic hydroxyl groups excluding tert-OH is 1. The fourth-order valence-corrected chi connectivity index (χ4v) is 4.12. The zero-order valence-corrected chi connectivity index (χ0v) is 11.3. The van der Waals surface area contributed by atoms with E-state index in [1.54, 1.807) is 11.4 Å². The van der Waals surface area contributed by atoms with E-state index in [9.17, 15) is 8.42 Å². The summed E-state index contributed by atoms with van der Waals surface area (Å²) in [5.41, 5.74) is 0. The van der Waals surface area contributed by atoms with Crippen LogP contribution in [0.2, 0.25) is 0 Å². The molecule has 1 aromatic heterocycles. The third-order valence-electron chi connectivity index (χ3n) is 3.31. The first-order chi connectivity index (χ1) is 8.55. The topological polar surface area (TPSA) is 75.4 Å². The number of nitrogens with zero attached hydrogens (tertiary/aromatic N) is 3. The maximum Gasteiger partial charge on any atom is 0.246 e. The fourth-order valence-electron chi connectivity index (χ4n) is 2.41. The number of hydrogen-bond acceptors (Lipinski definition) is 4. The maximum absolute atomic E-state index is 12.4. The monoisotopic (exact) mass is 273 g/mol. The van der Waals surface area contributed by atoms with Gasteiger partial charge in [-0.05, 0) is 25.7 Å². The fraction of sp³-hybridized carbons (Fsp3) is 0.727. The highest BCUT2D eigenvalue weighted by molar-refractivity contribution is 7.89. The summed E-state index contributed by atoms with van der Waals surface area (Å²) in [4.78, 5) is 0.251. The number of rotatable bonds is 5. The molecule has 0 aliphatic carbocycles. The quantitative estimate of drug-likeness (QED) is 0.839. The second-order valence-corrected chi connectivity index (χ2v) is 6.52. The lowest BCUT2D eigenvalue weighted by atomic mass is 10.1. The van der Waals surface area contributed by atoms with Crippen molar-refractivity contribution in [2.45, 2.75) is 36.6 Å². The zero-order valence-electron chi connectivity index (χ0n) is 10.5. The molecule has 102 valence electrons. The lowest BCUT2D eigenvalue weighted by Gasteiger charge is -2.23. The molecule has 1 aromatic rings. The predicted molar refractivity (Wildman–Crippen MR) is 66.4 cm³/mol. The Labute approximate surface area is 107 Å². The zero-order chi connectivity index (χ0) is 13.2. The third kappa shape index (κ3) is 2.57. The largest absolute Gasteiger partial charge is 0.396 e. The van der Waals surface area contributed by atoms with Crippen LogP contribution in [0.25, 0.3) is 0 Å². The van der Waals surface area contributed by atoms with E-state index in [1.807, 2.05) is 0 Å². The van der Waals surface area contributed by atoms with Crippen LogP contribution in [0.15, 0.2) is 17.3 Å². The first-order valence-corrected chi connectivity index (χ1v) is 7.61. The van der Waals surface area contributed by atoms with Crippen LogP contribution in [0.4, 0.5) is 0 Å². The molecule has 7 heteroatoms. The number of sulfonamides is 1. The van der Waals surface area contributed by atoms with Gasteiger partial charge in [0.25, 0.3) is 0 Å². The van der Waals surface area contributed by atoms with Gasteiger partial charge < -0.3 is 5.11 Å². The predicted octanol–water partition coefficient (Wildman–Crippen LogP) is 0.346. The standard InChI is InChI=1S/C11H19N3O3S/c1-13-9-11(8-12-13)18(16,17)14-6-2-4-10(14)5-3-7-15/h8-10,15H,2-7H2,1H3. The minimum atomic E-state index is -3.43. The Morgan fingerprint density at radius 1 is 1.56 bits per heavy atom. The number of hydrogen-bond donors (Lipinski definition) is 1. The summed E-state index contributed by atoms with van der Waals surface area (Å²) in [6, 6.07) is 0.0161. The molecule has 2 heterocycles. The average Bonchev–Trinajstić information content (AvgIpc) is 2.95. The molecule has 0 radical (unpaired) electrons.